The Morgan fingerprint density at radius 3 is 2.59 bits per heavy atom. The van der Waals surface area contributed by atoms with Crippen molar-refractivity contribution in [2.45, 2.75) is 11.7 Å². The Kier molecular flexibility index (Phi) is 5.46. The van der Waals surface area contributed by atoms with Crippen molar-refractivity contribution < 1.29 is 4.79 Å². The summed E-state index contributed by atoms with van der Waals surface area (Å²) in [5.74, 6) is 0.735. The summed E-state index contributed by atoms with van der Waals surface area (Å²) in [6.07, 6.45) is 0. The number of thioether (sulfide) groups is 1. The number of rotatable bonds is 5. The standard InChI is InChI=1S/C14H16ClN5OS/c1-20(7-9-3-2-4-10(15)5-9)13(21)8-22-14-18-11(16)6-12(17)19-14/h2-6H,7-8H2,1H3,(H4,16,17,18,19). The smallest absolute Gasteiger partial charge is 0.233 e. The van der Waals surface area contributed by atoms with Crippen molar-refractivity contribution >= 4 is 40.9 Å². The molecule has 0 saturated heterocycles. The van der Waals surface area contributed by atoms with Crippen LogP contribution in [-0.4, -0.2) is 33.6 Å². The SMILES string of the molecule is CN(Cc1cccc(Cl)c1)C(=O)CSc1nc(N)cc(N)n1. The van der Waals surface area contributed by atoms with E-state index in [2.05, 4.69) is 9.97 Å². The van der Waals surface area contributed by atoms with E-state index in [0.29, 0.717) is 16.7 Å². The first-order valence-corrected chi connectivity index (χ1v) is 7.81. The lowest BCUT2D eigenvalue weighted by Crippen LogP contribution is -2.27. The quantitative estimate of drug-likeness (QED) is 0.640. The number of nitrogens with zero attached hydrogens (tertiary/aromatic N) is 3. The Morgan fingerprint density at radius 1 is 1.27 bits per heavy atom. The molecule has 0 fully saturated rings. The number of amides is 1. The van der Waals surface area contributed by atoms with Gasteiger partial charge in [0, 0.05) is 24.7 Å². The summed E-state index contributed by atoms with van der Waals surface area (Å²) in [5.41, 5.74) is 12.1. The van der Waals surface area contributed by atoms with E-state index in [1.807, 2.05) is 18.2 Å². The molecule has 116 valence electrons. The van der Waals surface area contributed by atoms with Gasteiger partial charge >= 0.3 is 0 Å². The molecule has 1 aromatic carbocycles. The number of hydrogen-bond acceptors (Lipinski definition) is 6. The van der Waals surface area contributed by atoms with E-state index in [1.165, 1.54) is 17.8 Å². The van der Waals surface area contributed by atoms with Gasteiger partial charge in [-0.3, -0.25) is 4.79 Å². The normalized spacial score (nSPS) is 10.5. The Balaban J connectivity index is 1.91. The number of aromatic nitrogens is 2. The molecule has 22 heavy (non-hydrogen) atoms. The molecular formula is C14H16ClN5OS. The fourth-order valence-corrected chi connectivity index (χ4v) is 2.79. The van der Waals surface area contributed by atoms with Crippen LogP contribution in [0.1, 0.15) is 5.56 Å². The van der Waals surface area contributed by atoms with Gasteiger partial charge in [-0.05, 0) is 17.7 Å². The van der Waals surface area contributed by atoms with Crippen molar-refractivity contribution in [3.05, 3.63) is 40.9 Å². The third-order valence-corrected chi connectivity index (χ3v) is 3.87. The summed E-state index contributed by atoms with van der Waals surface area (Å²) in [6, 6.07) is 8.88. The van der Waals surface area contributed by atoms with E-state index in [-0.39, 0.29) is 23.3 Å². The number of carbonyl (C=O) groups excluding carboxylic acids is 1. The van der Waals surface area contributed by atoms with Crippen LogP contribution in [0.25, 0.3) is 0 Å². The molecule has 0 bridgehead atoms. The van der Waals surface area contributed by atoms with Gasteiger partial charge in [-0.2, -0.15) is 0 Å². The molecule has 6 nitrogen and oxygen atoms in total. The Labute approximate surface area is 137 Å². The van der Waals surface area contributed by atoms with Gasteiger partial charge in [0.2, 0.25) is 5.91 Å². The lowest BCUT2D eigenvalue weighted by atomic mass is 10.2. The predicted molar refractivity (Wildman–Crippen MR) is 89.5 cm³/mol. The largest absolute Gasteiger partial charge is 0.383 e. The van der Waals surface area contributed by atoms with Gasteiger partial charge in [0.25, 0.3) is 0 Å². The van der Waals surface area contributed by atoms with Crippen molar-refractivity contribution in [2.24, 2.45) is 0 Å². The van der Waals surface area contributed by atoms with Crippen molar-refractivity contribution in [3.8, 4) is 0 Å². The zero-order chi connectivity index (χ0) is 16.1. The van der Waals surface area contributed by atoms with Crippen molar-refractivity contribution in [2.75, 3.05) is 24.3 Å². The lowest BCUT2D eigenvalue weighted by molar-refractivity contribution is -0.127. The van der Waals surface area contributed by atoms with Crippen molar-refractivity contribution in [1.82, 2.24) is 14.9 Å². The van der Waals surface area contributed by atoms with Crippen LogP contribution in [0.4, 0.5) is 11.6 Å². The zero-order valence-corrected chi connectivity index (χ0v) is 13.6. The van der Waals surface area contributed by atoms with E-state index in [0.717, 1.165) is 5.56 Å². The first-order chi connectivity index (χ1) is 10.4. The molecule has 0 aliphatic heterocycles. The van der Waals surface area contributed by atoms with Gasteiger partial charge in [-0.25, -0.2) is 9.97 Å². The number of nitrogen functional groups attached to an aromatic ring is 2. The minimum absolute atomic E-state index is 0.0467. The van der Waals surface area contributed by atoms with Gasteiger partial charge in [-0.15, -0.1) is 0 Å². The van der Waals surface area contributed by atoms with Crippen LogP contribution in [0.2, 0.25) is 5.02 Å². The van der Waals surface area contributed by atoms with E-state index < -0.39 is 0 Å². The van der Waals surface area contributed by atoms with Crippen LogP contribution in [0.15, 0.2) is 35.5 Å². The van der Waals surface area contributed by atoms with Crippen LogP contribution in [0.3, 0.4) is 0 Å². The van der Waals surface area contributed by atoms with Crippen molar-refractivity contribution in [1.29, 1.82) is 0 Å². The Hall–Kier alpha value is -1.99. The molecule has 4 N–H and O–H groups in total. The highest BCUT2D eigenvalue weighted by molar-refractivity contribution is 7.99. The molecule has 0 unspecified atom stereocenters. The second kappa shape index (κ2) is 7.33. The Morgan fingerprint density at radius 2 is 1.95 bits per heavy atom. The average molecular weight is 338 g/mol. The highest BCUT2D eigenvalue weighted by Gasteiger charge is 2.12. The predicted octanol–water partition coefficient (Wildman–Crippen LogP) is 2.05. The number of anilines is 2. The third kappa shape index (κ3) is 4.78. The minimum atomic E-state index is -0.0467. The molecule has 1 aromatic heterocycles. The topological polar surface area (TPSA) is 98.1 Å². The number of nitrogens with two attached hydrogens (primary N) is 2. The summed E-state index contributed by atoms with van der Waals surface area (Å²) in [6.45, 7) is 0.486. The molecule has 1 heterocycles. The molecule has 2 aromatic rings. The molecule has 1 amide bonds. The monoisotopic (exact) mass is 337 g/mol. The van der Waals surface area contributed by atoms with E-state index in [9.17, 15) is 4.79 Å². The van der Waals surface area contributed by atoms with E-state index in [1.54, 1.807) is 18.0 Å². The van der Waals surface area contributed by atoms with Gasteiger partial charge < -0.3 is 16.4 Å². The number of benzene rings is 1. The fraction of sp³-hybridized carbons (Fsp3) is 0.214. The van der Waals surface area contributed by atoms with Crippen LogP contribution in [0, 0.1) is 0 Å². The highest BCUT2D eigenvalue weighted by atomic mass is 35.5. The molecule has 2 rings (SSSR count). The molecule has 0 aliphatic carbocycles. The van der Waals surface area contributed by atoms with Crippen LogP contribution in [0.5, 0.6) is 0 Å². The summed E-state index contributed by atoms with van der Waals surface area (Å²) >= 11 is 7.13. The third-order valence-electron chi connectivity index (χ3n) is 2.80. The fourth-order valence-electron chi connectivity index (χ4n) is 1.76. The molecule has 0 aliphatic rings. The molecule has 0 spiro atoms. The maximum Gasteiger partial charge on any atom is 0.233 e. The van der Waals surface area contributed by atoms with Crippen molar-refractivity contribution in [3.63, 3.8) is 0 Å². The number of halogens is 1. The van der Waals surface area contributed by atoms with Crippen LogP contribution >= 0.6 is 23.4 Å². The first-order valence-electron chi connectivity index (χ1n) is 6.45. The molecule has 0 radical (unpaired) electrons. The molecule has 0 atom stereocenters. The maximum absolute atomic E-state index is 12.1. The first kappa shape index (κ1) is 16.4. The van der Waals surface area contributed by atoms with Gasteiger partial charge in [0.05, 0.1) is 5.75 Å². The highest BCUT2D eigenvalue weighted by Crippen LogP contribution is 2.17. The number of hydrogen-bond donors (Lipinski definition) is 2. The van der Waals surface area contributed by atoms with Gasteiger partial charge in [0.1, 0.15) is 11.6 Å². The van der Waals surface area contributed by atoms with E-state index in [4.69, 9.17) is 23.1 Å². The second-order valence-corrected chi connectivity index (χ2v) is 6.05. The second-order valence-electron chi connectivity index (χ2n) is 4.67. The van der Waals surface area contributed by atoms with Gasteiger partial charge in [-0.1, -0.05) is 35.5 Å². The van der Waals surface area contributed by atoms with Crippen LogP contribution < -0.4 is 11.5 Å². The Bertz CT molecular complexity index is 662. The maximum atomic E-state index is 12.1. The average Bonchev–Trinajstić information content (AvgIpc) is 2.43. The van der Waals surface area contributed by atoms with E-state index >= 15 is 0 Å². The zero-order valence-electron chi connectivity index (χ0n) is 12.0. The summed E-state index contributed by atoms with van der Waals surface area (Å²) in [4.78, 5) is 21.8. The molecular weight excluding hydrogens is 322 g/mol. The summed E-state index contributed by atoms with van der Waals surface area (Å²) in [5, 5.41) is 1.04. The van der Waals surface area contributed by atoms with Crippen LogP contribution in [-0.2, 0) is 11.3 Å². The molecule has 0 saturated carbocycles. The number of carbonyl (C=O) groups is 1. The summed E-state index contributed by atoms with van der Waals surface area (Å²) in [7, 11) is 1.73. The summed E-state index contributed by atoms with van der Waals surface area (Å²) < 4.78 is 0. The minimum Gasteiger partial charge on any atom is -0.383 e. The van der Waals surface area contributed by atoms with Gasteiger partial charge in [0.15, 0.2) is 5.16 Å². The lowest BCUT2D eigenvalue weighted by Gasteiger charge is -2.17. The molecule has 8 heteroatoms.